The van der Waals surface area contributed by atoms with Crippen molar-refractivity contribution in [2.45, 2.75) is 32.9 Å². The third-order valence-electron chi connectivity index (χ3n) is 3.28. The van der Waals surface area contributed by atoms with Crippen molar-refractivity contribution in [3.63, 3.8) is 0 Å². The van der Waals surface area contributed by atoms with Crippen LogP contribution in [0.5, 0.6) is 5.75 Å². The van der Waals surface area contributed by atoms with Gasteiger partial charge in [-0.3, -0.25) is 4.79 Å². The van der Waals surface area contributed by atoms with E-state index in [1.54, 1.807) is 13.2 Å². The van der Waals surface area contributed by atoms with Gasteiger partial charge in [-0.25, -0.2) is 4.99 Å². The Hall–Kier alpha value is -1.55. The van der Waals surface area contributed by atoms with Crippen molar-refractivity contribution in [1.29, 1.82) is 0 Å². The first-order valence-corrected chi connectivity index (χ1v) is 7.93. The van der Waals surface area contributed by atoms with Gasteiger partial charge in [0.15, 0.2) is 12.6 Å². The molecule has 4 N–H and O–H groups in total. The molecule has 142 valence electrons. The van der Waals surface area contributed by atoms with Crippen molar-refractivity contribution in [1.82, 2.24) is 10.6 Å². The minimum atomic E-state index is -0.502. The zero-order valence-corrected chi connectivity index (χ0v) is 17.6. The number of methoxy groups -OCH3 is 1. The second-order valence-electron chi connectivity index (χ2n) is 5.91. The Bertz CT molecular complexity index is 565. The van der Waals surface area contributed by atoms with Crippen LogP contribution in [0.25, 0.3) is 0 Å². The van der Waals surface area contributed by atoms with Crippen molar-refractivity contribution in [3.05, 3.63) is 29.8 Å². The average molecular weight is 464 g/mol. The van der Waals surface area contributed by atoms with Gasteiger partial charge in [0.2, 0.25) is 0 Å². The summed E-state index contributed by atoms with van der Waals surface area (Å²) in [6, 6.07) is 7.43. The van der Waals surface area contributed by atoms with E-state index >= 15 is 0 Å². The summed E-state index contributed by atoms with van der Waals surface area (Å²) < 4.78 is 10.7. The molecule has 1 aromatic carbocycles. The molecule has 1 amide bonds. The molecule has 0 aliphatic carbocycles. The van der Waals surface area contributed by atoms with Crippen molar-refractivity contribution < 1.29 is 14.3 Å². The Morgan fingerprint density at radius 3 is 2.64 bits per heavy atom. The van der Waals surface area contributed by atoms with Crippen molar-refractivity contribution in [2.24, 2.45) is 10.7 Å². The number of amides is 1. The Morgan fingerprint density at radius 1 is 1.32 bits per heavy atom. The van der Waals surface area contributed by atoms with E-state index in [-0.39, 0.29) is 36.2 Å². The number of carbonyl (C=O) groups excluding carboxylic acids is 1. The van der Waals surface area contributed by atoms with Crippen LogP contribution in [0, 0.1) is 0 Å². The first-order chi connectivity index (χ1) is 11.4. The Balaban J connectivity index is 0.00000576. The van der Waals surface area contributed by atoms with Crippen LogP contribution in [0.4, 0.5) is 0 Å². The standard InChI is InChI=1S/C17H28N4O3.HI/c1-5-19-16(21-12-17(2,3)23-4)20-10-13-7-6-8-14(9-13)24-11-15(18)22;/h6-9H,5,10-12H2,1-4H3,(H2,18,22)(H2,19,20,21);1H. The van der Waals surface area contributed by atoms with Crippen molar-refractivity contribution >= 4 is 35.8 Å². The molecule has 0 aromatic heterocycles. The lowest BCUT2D eigenvalue weighted by Crippen LogP contribution is -2.45. The number of ether oxygens (including phenoxy) is 2. The van der Waals surface area contributed by atoms with Crippen LogP contribution in [-0.4, -0.2) is 44.3 Å². The van der Waals surface area contributed by atoms with Gasteiger partial charge in [0, 0.05) is 20.2 Å². The quantitative estimate of drug-likeness (QED) is 0.293. The van der Waals surface area contributed by atoms with Gasteiger partial charge < -0.3 is 25.8 Å². The van der Waals surface area contributed by atoms with Gasteiger partial charge in [-0.05, 0) is 38.5 Å². The average Bonchev–Trinajstić information content (AvgIpc) is 2.56. The van der Waals surface area contributed by atoms with Gasteiger partial charge in [0.1, 0.15) is 5.75 Å². The first-order valence-electron chi connectivity index (χ1n) is 7.93. The fraction of sp³-hybridized carbons (Fsp3) is 0.529. The number of hydrogen-bond donors (Lipinski definition) is 3. The lowest BCUT2D eigenvalue weighted by molar-refractivity contribution is -0.119. The number of nitrogens with one attached hydrogen (secondary N) is 2. The van der Waals surface area contributed by atoms with E-state index in [0.29, 0.717) is 24.8 Å². The third kappa shape index (κ3) is 10.1. The normalized spacial score (nSPS) is 11.4. The topological polar surface area (TPSA) is 98.0 Å². The summed E-state index contributed by atoms with van der Waals surface area (Å²) in [5.74, 6) is 0.809. The molecule has 0 atom stereocenters. The predicted octanol–water partition coefficient (Wildman–Crippen LogP) is 1.65. The van der Waals surface area contributed by atoms with Crippen LogP contribution in [0.1, 0.15) is 26.3 Å². The zero-order chi connectivity index (χ0) is 18.0. The summed E-state index contributed by atoms with van der Waals surface area (Å²) in [6.07, 6.45) is 0. The number of carbonyl (C=O) groups is 1. The Morgan fingerprint density at radius 2 is 2.04 bits per heavy atom. The van der Waals surface area contributed by atoms with Gasteiger partial charge >= 0.3 is 0 Å². The number of rotatable bonds is 9. The number of aliphatic imine (C=N–C) groups is 1. The number of primary amides is 1. The van der Waals surface area contributed by atoms with Crippen LogP contribution in [-0.2, 0) is 16.1 Å². The number of hydrogen-bond acceptors (Lipinski definition) is 4. The van der Waals surface area contributed by atoms with E-state index in [9.17, 15) is 4.79 Å². The highest BCUT2D eigenvalue weighted by atomic mass is 127. The van der Waals surface area contributed by atoms with Crippen LogP contribution < -0.4 is 21.1 Å². The summed E-state index contributed by atoms with van der Waals surface area (Å²) in [6.45, 7) is 7.76. The number of guanidine groups is 1. The Kier molecular flexibility index (Phi) is 11.2. The monoisotopic (exact) mass is 464 g/mol. The molecule has 0 unspecified atom stereocenters. The maximum atomic E-state index is 10.8. The molecule has 0 saturated carbocycles. The summed E-state index contributed by atoms with van der Waals surface area (Å²) >= 11 is 0. The minimum Gasteiger partial charge on any atom is -0.484 e. The number of benzene rings is 1. The Labute approximate surface area is 166 Å². The van der Waals surface area contributed by atoms with Gasteiger partial charge in [-0.15, -0.1) is 24.0 Å². The van der Waals surface area contributed by atoms with Gasteiger partial charge in [-0.1, -0.05) is 12.1 Å². The molecule has 8 heteroatoms. The number of nitrogens with two attached hydrogens (primary N) is 1. The summed E-state index contributed by atoms with van der Waals surface area (Å²) in [7, 11) is 1.68. The van der Waals surface area contributed by atoms with E-state index in [4.69, 9.17) is 15.2 Å². The lowest BCUT2D eigenvalue weighted by Gasteiger charge is -2.24. The highest BCUT2D eigenvalue weighted by Crippen LogP contribution is 2.14. The van der Waals surface area contributed by atoms with Gasteiger partial charge in [0.05, 0.1) is 12.1 Å². The second kappa shape index (κ2) is 11.9. The number of nitrogens with zero attached hydrogens (tertiary/aromatic N) is 1. The minimum absolute atomic E-state index is 0. The largest absolute Gasteiger partial charge is 0.484 e. The lowest BCUT2D eigenvalue weighted by atomic mass is 10.1. The maximum Gasteiger partial charge on any atom is 0.255 e. The van der Waals surface area contributed by atoms with Crippen LogP contribution in [0.15, 0.2) is 29.3 Å². The van der Waals surface area contributed by atoms with Gasteiger partial charge in [-0.2, -0.15) is 0 Å². The molecule has 1 rings (SSSR count). The van der Waals surface area contributed by atoms with Crippen molar-refractivity contribution in [2.75, 3.05) is 26.8 Å². The number of halogens is 1. The summed E-state index contributed by atoms with van der Waals surface area (Å²) in [5, 5.41) is 6.45. The molecule has 0 bridgehead atoms. The molecule has 0 radical (unpaired) electrons. The van der Waals surface area contributed by atoms with Crippen LogP contribution >= 0.6 is 24.0 Å². The smallest absolute Gasteiger partial charge is 0.255 e. The third-order valence-corrected chi connectivity index (χ3v) is 3.28. The summed E-state index contributed by atoms with van der Waals surface area (Å²) in [5.41, 5.74) is 5.77. The molecule has 0 aliphatic rings. The van der Waals surface area contributed by atoms with E-state index in [2.05, 4.69) is 15.6 Å². The predicted molar refractivity (Wildman–Crippen MR) is 110 cm³/mol. The van der Waals surface area contributed by atoms with E-state index < -0.39 is 5.91 Å². The molecule has 7 nitrogen and oxygen atoms in total. The molecule has 25 heavy (non-hydrogen) atoms. The highest BCUT2D eigenvalue weighted by Gasteiger charge is 2.16. The molecule has 0 heterocycles. The summed E-state index contributed by atoms with van der Waals surface area (Å²) in [4.78, 5) is 15.3. The van der Waals surface area contributed by atoms with Crippen molar-refractivity contribution in [3.8, 4) is 5.75 Å². The van der Waals surface area contributed by atoms with Crippen LogP contribution in [0.2, 0.25) is 0 Å². The van der Waals surface area contributed by atoms with E-state index in [0.717, 1.165) is 12.1 Å². The SMILES string of the molecule is CCNC(=NCc1cccc(OCC(N)=O)c1)NCC(C)(C)OC.I. The van der Waals surface area contributed by atoms with E-state index in [1.165, 1.54) is 0 Å². The highest BCUT2D eigenvalue weighted by molar-refractivity contribution is 14.0. The maximum absolute atomic E-state index is 10.8. The second-order valence-corrected chi connectivity index (χ2v) is 5.91. The fourth-order valence-electron chi connectivity index (χ4n) is 1.77. The molecule has 0 fully saturated rings. The molecule has 0 aliphatic heterocycles. The molecular weight excluding hydrogens is 435 g/mol. The van der Waals surface area contributed by atoms with Crippen LogP contribution in [0.3, 0.4) is 0 Å². The molecule has 0 spiro atoms. The molecular formula is C17H29IN4O3. The zero-order valence-electron chi connectivity index (χ0n) is 15.3. The van der Waals surface area contributed by atoms with E-state index in [1.807, 2.05) is 39.0 Å². The van der Waals surface area contributed by atoms with Gasteiger partial charge in [0.25, 0.3) is 5.91 Å². The molecule has 1 aromatic rings. The molecule has 0 saturated heterocycles. The first kappa shape index (κ1) is 23.4. The fourth-order valence-corrected chi connectivity index (χ4v) is 1.77.